The van der Waals surface area contributed by atoms with E-state index >= 15 is 4.39 Å². The number of ether oxygens (including phenoxy) is 1. The molecule has 3 aromatic carbocycles. The Balaban J connectivity index is 1.84. The van der Waals surface area contributed by atoms with E-state index in [0.717, 1.165) is 9.54 Å². The Morgan fingerprint density at radius 3 is 2.50 bits per heavy atom. The van der Waals surface area contributed by atoms with Gasteiger partial charge >= 0.3 is 0 Å². The second-order valence-corrected chi connectivity index (χ2v) is 10.1. The number of thiocarbonyl (C=S) groups is 1. The molecular weight excluding hydrogens is 467 g/mol. The highest BCUT2D eigenvalue weighted by Crippen LogP contribution is 2.41. The fourth-order valence-corrected chi connectivity index (χ4v) is 5.52. The Kier molecular flexibility index (Phi) is 5.98. The van der Waals surface area contributed by atoms with E-state index < -0.39 is 15.8 Å². The first-order valence-corrected chi connectivity index (χ1v) is 12.6. The number of nitrogens with two attached hydrogens (primary N) is 1. The summed E-state index contributed by atoms with van der Waals surface area (Å²) in [7, 11) is -3.90. The van der Waals surface area contributed by atoms with Gasteiger partial charge in [0.1, 0.15) is 10.7 Å². The van der Waals surface area contributed by atoms with Crippen molar-refractivity contribution < 1.29 is 17.5 Å². The molecule has 1 aromatic heterocycles. The maximum Gasteiger partial charge on any atom is 0.268 e. The van der Waals surface area contributed by atoms with E-state index in [4.69, 9.17) is 22.7 Å². The number of rotatable bonds is 6. The smallest absolute Gasteiger partial charge is 0.268 e. The molecule has 0 atom stereocenters. The monoisotopic (exact) mass is 486 g/mol. The number of hydrogen-bond donors (Lipinski definition) is 1. The zero-order chi connectivity index (χ0) is 23.0. The quantitative estimate of drug-likeness (QED) is 0.288. The number of nitrogens with zero attached hydrogens (tertiary/aromatic N) is 1. The van der Waals surface area contributed by atoms with Crippen molar-refractivity contribution in [3.05, 3.63) is 83.8 Å². The van der Waals surface area contributed by atoms with E-state index in [0.29, 0.717) is 21.6 Å². The van der Waals surface area contributed by atoms with Crippen LogP contribution in [0.4, 0.5) is 4.39 Å². The predicted octanol–water partition coefficient (Wildman–Crippen LogP) is 5.47. The Hall–Kier alpha value is -2.88. The topological polar surface area (TPSA) is 74.3 Å². The summed E-state index contributed by atoms with van der Waals surface area (Å²) < 4.78 is 48.5. The van der Waals surface area contributed by atoms with Crippen LogP contribution in [-0.4, -0.2) is 23.6 Å². The van der Waals surface area contributed by atoms with Crippen LogP contribution in [0, 0.1) is 12.7 Å². The molecule has 32 heavy (non-hydrogen) atoms. The third-order valence-corrected chi connectivity index (χ3v) is 7.70. The second kappa shape index (κ2) is 8.57. The van der Waals surface area contributed by atoms with Crippen LogP contribution in [-0.2, 0) is 10.0 Å². The van der Waals surface area contributed by atoms with Gasteiger partial charge in [-0.2, -0.15) is 0 Å². The Labute approximate surface area is 195 Å². The maximum atomic E-state index is 15.2. The SMILES string of the molecule is CSc1c(Oc2cccc(C(N)=S)c2)c(F)cc2c1ccn2S(=O)(=O)c1ccc(C)cc1. The number of thioether (sulfide) groups is 1. The third kappa shape index (κ3) is 3.99. The lowest BCUT2D eigenvalue weighted by Gasteiger charge is -2.14. The molecule has 0 amide bonds. The number of aromatic nitrogens is 1. The van der Waals surface area contributed by atoms with Crippen LogP contribution in [0.15, 0.2) is 76.7 Å². The molecule has 4 aromatic rings. The van der Waals surface area contributed by atoms with Crippen molar-refractivity contribution in [3.8, 4) is 11.5 Å². The minimum atomic E-state index is -3.90. The van der Waals surface area contributed by atoms with Crippen LogP contribution >= 0.6 is 24.0 Å². The fourth-order valence-electron chi connectivity index (χ4n) is 3.34. The lowest BCUT2D eigenvalue weighted by Crippen LogP contribution is -2.12. The summed E-state index contributed by atoms with van der Waals surface area (Å²) in [6.45, 7) is 1.87. The van der Waals surface area contributed by atoms with E-state index in [-0.39, 0.29) is 21.2 Å². The molecule has 9 heteroatoms. The summed E-state index contributed by atoms with van der Waals surface area (Å²) in [5, 5.41) is 0.565. The van der Waals surface area contributed by atoms with Crippen LogP contribution in [0.2, 0.25) is 0 Å². The highest BCUT2D eigenvalue weighted by atomic mass is 32.2. The van der Waals surface area contributed by atoms with E-state index in [2.05, 4.69) is 0 Å². The molecule has 0 aliphatic rings. The number of halogens is 1. The lowest BCUT2D eigenvalue weighted by atomic mass is 10.2. The van der Waals surface area contributed by atoms with Gasteiger partial charge in [-0.15, -0.1) is 11.8 Å². The molecule has 2 N–H and O–H groups in total. The highest BCUT2D eigenvalue weighted by Gasteiger charge is 2.23. The zero-order valence-corrected chi connectivity index (χ0v) is 19.7. The average Bonchev–Trinajstić information content (AvgIpc) is 3.19. The molecule has 5 nitrogen and oxygen atoms in total. The third-order valence-electron chi connectivity index (χ3n) is 4.94. The van der Waals surface area contributed by atoms with Crippen LogP contribution in [0.1, 0.15) is 11.1 Å². The van der Waals surface area contributed by atoms with Crippen molar-refractivity contribution in [1.29, 1.82) is 0 Å². The van der Waals surface area contributed by atoms with Crippen molar-refractivity contribution in [3.63, 3.8) is 0 Å². The molecule has 0 spiro atoms. The van der Waals surface area contributed by atoms with E-state index in [1.54, 1.807) is 48.7 Å². The van der Waals surface area contributed by atoms with Gasteiger partial charge in [-0.05, 0) is 43.5 Å². The molecule has 0 bridgehead atoms. The Bertz CT molecular complexity index is 1450. The van der Waals surface area contributed by atoms with Gasteiger partial charge in [0.2, 0.25) is 0 Å². The summed E-state index contributed by atoms with van der Waals surface area (Å²) in [5.74, 6) is -0.298. The first kappa shape index (κ1) is 22.3. The lowest BCUT2D eigenvalue weighted by molar-refractivity contribution is 0.432. The Morgan fingerprint density at radius 2 is 1.84 bits per heavy atom. The molecule has 4 rings (SSSR count). The standard InChI is InChI=1S/C23H19FN2O3S3/c1-14-6-8-17(9-7-14)32(27,28)26-11-10-18-20(26)13-19(24)21(22(18)31-2)29-16-5-3-4-15(12-16)23(25)30/h3-13H,1-2H3,(H2,25,30). The van der Waals surface area contributed by atoms with Gasteiger partial charge in [-0.25, -0.2) is 16.8 Å². The van der Waals surface area contributed by atoms with Crippen LogP contribution < -0.4 is 10.5 Å². The normalized spacial score (nSPS) is 11.6. The summed E-state index contributed by atoms with van der Waals surface area (Å²) in [6.07, 6.45) is 3.20. The van der Waals surface area contributed by atoms with Crippen molar-refractivity contribution in [2.75, 3.05) is 6.26 Å². The molecule has 0 radical (unpaired) electrons. The molecule has 0 aliphatic carbocycles. The van der Waals surface area contributed by atoms with Crippen LogP contribution in [0.5, 0.6) is 11.5 Å². The molecular formula is C23H19FN2O3S3. The molecule has 0 saturated carbocycles. The largest absolute Gasteiger partial charge is 0.453 e. The van der Waals surface area contributed by atoms with Crippen molar-refractivity contribution in [2.24, 2.45) is 5.73 Å². The van der Waals surface area contributed by atoms with Crippen LogP contribution in [0.25, 0.3) is 10.9 Å². The number of hydrogen-bond acceptors (Lipinski definition) is 5. The minimum Gasteiger partial charge on any atom is -0.453 e. The van der Waals surface area contributed by atoms with Gasteiger partial charge in [0.25, 0.3) is 10.0 Å². The van der Waals surface area contributed by atoms with Gasteiger partial charge < -0.3 is 10.5 Å². The number of aryl methyl sites for hydroxylation is 1. The Morgan fingerprint density at radius 1 is 1.12 bits per heavy atom. The van der Waals surface area contributed by atoms with Gasteiger partial charge in [-0.1, -0.05) is 42.0 Å². The van der Waals surface area contributed by atoms with E-state index in [1.807, 2.05) is 6.92 Å². The molecule has 0 saturated heterocycles. The second-order valence-electron chi connectivity index (χ2n) is 7.08. The average molecular weight is 487 g/mol. The van der Waals surface area contributed by atoms with Crippen molar-refractivity contribution in [1.82, 2.24) is 3.97 Å². The van der Waals surface area contributed by atoms with Crippen molar-refractivity contribution >= 4 is 49.9 Å². The van der Waals surface area contributed by atoms with E-state index in [9.17, 15) is 8.42 Å². The maximum absolute atomic E-state index is 15.2. The fraction of sp³-hybridized carbons (Fsp3) is 0.0870. The van der Waals surface area contributed by atoms with Crippen molar-refractivity contribution in [2.45, 2.75) is 16.7 Å². The molecule has 1 heterocycles. The van der Waals surface area contributed by atoms with E-state index in [1.165, 1.54) is 36.2 Å². The van der Waals surface area contributed by atoms with Gasteiger partial charge in [0.15, 0.2) is 11.6 Å². The van der Waals surface area contributed by atoms with Gasteiger partial charge in [0.05, 0.1) is 15.3 Å². The molecule has 164 valence electrons. The molecule has 0 aliphatic heterocycles. The minimum absolute atomic E-state index is 0.00979. The molecule has 0 fully saturated rings. The summed E-state index contributed by atoms with van der Waals surface area (Å²) in [4.78, 5) is 0.815. The highest BCUT2D eigenvalue weighted by molar-refractivity contribution is 7.99. The first-order valence-electron chi connectivity index (χ1n) is 9.50. The summed E-state index contributed by atoms with van der Waals surface area (Å²) in [5.41, 5.74) is 7.45. The first-order chi connectivity index (χ1) is 15.2. The summed E-state index contributed by atoms with van der Waals surface area (Å²) in [6, 6.07) is 16.1. The predicted molar refractivity (Wildman–Crippen MR) is 130 cm³/mol. The summed E-state index contributed by atoms with van der Waals surface area (Å²) >= 11 is 6.26. The van der Waals surface area contributed by atoms with Gasteiger partial charge in [-0.3, -0.25) is 0 Å². The number of benzene rings is 3. The van der Waals surface area contributed by atoms with Crippen LogP contribution in [0.3, 0.4) is 0 Å². The van der Waals surface area contributed by atoms with Gasteiger partial charge in [0, 0.05) is 23.2 Å². The zero-order valence-electron chi connectivity index (χ0n) is 17.2. The number of fused-ring (bicyclic) bond motifs is 1. The molecule has 0 unspecified atom stereocenters.